The number of hydrazone groups is 1. The Morgan fingerprint density at radius 3 is 2.67 bits per heavy atom. The Morgan fingerprint density at radius 2 is 2.06 bits per heavy atom. The maximum atomic E-state index is 12.6. The Labute approximate surface area is 108 Å². The first-order valence-corrected chi connectivity index (χ1v) is 9.46. The van der Waals surface area contributed by atoms with Gasteiger partial charge in [-0.2, -0.15) is 5.10 Å². The van der Waals surface area contributed by atoms with E-state index in [0.29, 0.717) is 23.2 Å². The van der Waals surface area contributed by atoms with Crippen LogP contribution in [0.5, 0.6) is 5.75 Å². The van der Waals surface area contributed by atoms with Gasteiger partial charge in [-0.3, -0.25) is 4.79 Å². The molecular formula is C13H18N2O2Si. The molecule has 2 rings (SSSR count). The summed E-state index contributed by atoms with van der Waals surface area (Å²) in [6, 6.07) is 5.59. The van der Waals surface area contributed by atoms with Crippen molar-refractivity contribution in [2.75, 3.05) is 7.11 Å². The Kier molecular flexibility index (Phi) is 3.25. The van der Waals surface area contributed by atoms with Crippen molar-refractivity contribution in [1.82, 2.24) is 5.43 Å². The minimum atomic E-state index is -1.75. The van der Waals surface area contributed by atoms with E-state index in [9.17, 15) is 4.79 Å². The van der Waals surface area contributed by atoms with Crippen LogP contribution < -0.4 is 10.2 Å². The lowest BCUT2D eigenvalue weighted by Gasteiger charge is -2.17. The highest BCUT2D eigenvalue weighted by Gasteiger charge is 2.31. The van der Waals surface area contributed by atoms with Crippen molar-refractivity contribution in [2.45, 2.75) is 26.2 Å². The fraction of sp³-hybridized carbons (Fsp3) is 0.385. The molecule has 1 aromatic carbocycles. The molecule has 18 heavy (non-hydrogen) atoms. The molecule has 5 heteroatoms. The van der Waals surface area contributed by atoms with E-state index in [2.05, 4.69) is 30.2 Å². The van der Waals surface area contributed by atoms with Crippen molar-refractivity contribution in [3.05, 3.63) is 29.3 Å². The third kappa shape index (κ3) is 2.31. The van der Waals surface area contributed by atoms with Crippen molar-refractivity contribution in [2.24, 2.45) is 5.10 Å². The molecule has 1 aliphatic heterocycles. The molecule has 0 unspecified atom stereocenters. The van der Waals surface area contributed by atoms with E-state index in [-0.39, 0.29) is 5.78 Å². The lowest BCUT2D eigenvalue weighted by Crippen LogP contribution is -2.40. The molecule has 0 aromatic heterocycles. The lowest BCUT2D eigenvalue weighted by atomic mass is 10.0. The zero-order valence-electron chi connectivity index (χ0n) is 11.2. The van der Waals surface area contributed by atoms with Gasteiger partial charge >= 0.3 is 0 Å². The monoisotopic (exact) mass is 262 g/mol. The SMILES string of the molecule is COc1ccc2c(c1)C(=O)C([Si](C)(C)C)=NNC2. The Balaban J connectivity index is 2.51. The normalized spacial score (nSPS) is 15.3. The van der Waals surface area contributed by atoms with E-state index >= 15 is 0 Å². The number of hydrogen-bond acceptors (Lipinski definition) is 4. The highest BCUT2D eigenvalue weighted by Crippen LogP contribution is 2.22. The summed E-state index contributed by atoms with van der Waals surface area (Å²) in [5.74, 6) is 0.743. The third-order valence-electron chi connectivity index (χ3n) is 2.95. The van der Waals surface area contributed by atoms with Gasteiger partial charge in [-0.1, -0.05) is 25.7 Å². The van der Waals surface area contributed by atoms with Gasteiger partial charge in [0.1, 0.15) is 13.8 Å². The highest BCUT2D eigenvalue weighted by molar-refractivity contribution is 7.13. The van der Waals surface area contributed by atoms with Crippen LogP contribution >= 0.6 is 0 Å². The van der Waals surface area contributed by atoms with Gasteiger partial charge in [-0.25, -0.2) is 0 Å². The Bertz CT molecular complexity index is 518. The lowest BCUT2D eigenvalue weighted by molar-refractivity contribution is 0.106. The largest absolute Gasteiger partial charge is 0.497 e. The van der Waals surface area contributed by atoms with Crippen LogP contribution in [0, 0.1) is 0 Å². The Morgan fingerprint density at radius 1 is 1.33 bits per heavy atom. The van der Waals surface area contributed by atoms with Crippen molar-refractivity contribution >= 4 is 19.2 Å². The molecule has 0 bridgehead atoms. The number of fused-ring (bicyclic) bond motifs is 1. The summed E-state index contributed by atoms with van der Waals surface area (Å²) < 4.78 is 5.19. The second kappa shape index (κ2) is 4.57. The van der Waals surface area contributed by atoms with Gasteiger partial charge in [-0.15, -0.1) is 0 Å². The second-order valence-corrected chi connectivity index (χ2v) is 10.4. The quantitative estimate of drug-likeness (QED) is 0.831. The van der Waals surface area contributed by atoms with Gasteiger partial charge in [0, 0.05) is 5.56 Å². The molecular weight excluding hydrogens is 244 g/mol. The summed E-state index contributed by atoms with van der Waals surface area (Å²) in [5, 5.41) is 4.97. The van der Waals surface area contributed by atoms with E-state index in [0.717, 1.165) is 5.56 Å². The standard InChI is InChI=1S/C13H18N2O2Si/c1-17-10-6-5-9-8-14-15-13(18(2,3)4)12(16)11(9)7-10/h5-7,14H,8H2,1-4H3. The number of nitrogens with one attached hydrogen (secondary N) is 1. The van der Waals surface area contributed by atoms with E-state index in [4.69, 9.17) is 4.74 Å². The topological polar surface area (TPSA) is 50.7 Å². The van der Waals surface area contributed by atoms with Gasteiger partial charge in [0.05, 0.1) is 19.0 Å². The minimum absolute atomic E-state index is 0.0352. The Hall–Kier alpha value is -1.62. The van der Waals surface area contributed by atoms with Crippen molar-refractivity contribution in [3.63, 3.8) is 0 Å². The number of Topliss-reactive ketones (excluding diaryl/α,β-unsaturated/α-hetero) is 1. The molecule has 1 aromatic rings. The summed E-state index contributed by atoms with van der Waals surface area (Å²) in [7, 11) is -0.145. The summed E-state index contributed by atoms with van der Waals surface area (Å²) in [6.07, 6.45) is 0. The number of carbonyl (C=O) groups is 1. The molecule has 0 atom stereocenters. The molecule has 0 radical (unpaired) electrons. The molecule has 0 fully saturated rings. The van der Waals surface area contributed by atoms with Gasteiger partial charge in [-0.05, 0) is 17.7 Å². The average Bonchev–Trinajstić information content (AvgIpc) is 2.48. The number of hydrogen-bond donors (Lipinski definition) is 1. The van der Waals surface area contributed by atoms with Crippen molar-refractivity contribution in [3.8, 4) is 5.75 Å². The van der Waals surface area contributed by atoms with E-state index < -0.39 is 8.07 Å². The first-order chi connectivity index (χ1) is 8.43. The summed E-state index contributed by atoms with van der Waals surface area (Å²) in [6.45, 7) is 6.95. The predicted octanol–water partition coefficient (Wildman–Crippen LogP) is 2.21. The summed E-state index contributed by atoms with van der Waals surface area (Å²) >= 11 is 0. The van der Waals surface area contributed by atoms with E-state index in [1.165, 1.54) is 0 Å². The van der Waals surface area contributed by atoms with E-state index in [1.54, 1.807) is 13.2 Å². The number of carbonyl (C=O) groups excluding carboxylic acids is 1. The summed E-state index contributed by atoms with van der Waals surface area (Å²) in [5.41, 5.74) is 4.67. The fourth-order valence-corrected chi connectivity index (χ4v) is 3.17. The van der Waals surface area contributed by atoms with Gasteiger partial charge in [0.25, 0.3) is 0 Å². The minimum Gasteiger partial charge on any atom is -0.497 e. The number of benzene rings is 1. The van der Waals surface area contributed by atoms with Crippen LogP contribution in [0.25, 0.3) is 0 Å². The number of methoxy groups -OCH3 is 1. The van der Waals surface area contributed by atoms with Crippen molar-refractivity contribution in [1.29, 1.82) is 0 Å². The van der Waals surface area contributed by atoms with Crippen LogP contribution in [-0.4, -0.2) is 26.3 Å². The zero-order valence-corrected chi connectivity index (χ0v) is 12.2. The number of nitrogens with zero attached hydrogens (tertiary/aromatic N) is 1. The predicted molar refractivity (Wildman–Crippen MR) is 74.9 cm³/mol. The molecule has 1 heterocycles. The third-order valence-corrected chi connectivity index (χ3v) is 4.71. The number of rotatable bonds is 2. The molecule has 1 N–H and O–H groups in total. The van der Waals surface area contributed by atoms with Crippen LogP contribution in [0.3, 0.4) is 0 Å². The van der Waals surface area contributed by atoms with Crippen LogP contribution in [0.2, 0.25) is 19.6 Å². The molecule has 0 saturated carbocycles. The smallest absolute Gasteiger partial charge is 0.204 e. The van der Waals surface area contributed by atoms with Crippen LogP contribution in [0.15, 0.2) is 23.3 Å². The molecule has 0 spiro atoms. The number of ether oxygens (including phenoxy) is 1. The zero-order chi connectivity index (χ0) is 13.3. The fourth-order valence-electron chi connectivity index (χ4n) is 1.94. The van der Waals surface area contributed by atoms with Gasteiger partial charge in [0.15, 0.2) is 0 Å². The molecule has 1 aliphatic rings. The molecule has 0 aliphatic carbocycles. The maximum absolute atomic E-state index is 12.6. The molecule has 0 saturated heterocycles. The van der Waals surface area contributed by atoms with E-state index in [1.807, 2.05) is 12.1 Å². The first-order valence-electron chi connectivity index (χ1n) is 5.96. The number of ketones is 1. The molecule has 0 amide bonds. The summed E-state index contributed by atoms with van der Waals surface area (Å²) in [4.78, 5) is 12.6. The van der Waals surface area contributed by atoms with Crippen molar-refractivity contribution < 1.29 is 9.53 Å². The first kappa shape index (κ1) is 12.8. The molecule has 4 nitrogen and oxygen atoms in total. The van der Waals surface area contributed by atoms with Gasteiger partial charge in [0.2, 0.25) is 5.78 Å². The van der Waals surface area contributed by atoms with Gasteiger partial charge < -0.3 is 10.2 Å². The highest BCUT2D eigenvalue weighted by atomic mass is 28.3. The van der Waals surface area contributed by atoms with Crippen LogP contribution in [0.1, 0.15) is 15.9 Å². The second-order valence-electron chi connectivity index (χ2n) is 5.40. The average molecular weight is 262 g/mol. The van der Waals surface area contributed by atoms with Crippen LogP contribution in [-0.2, 0) is 6.54 Å². The molecule has 96 valence electrons. The maximum Gasteiger partial charge on any atom is 0.204 e. The van der Waals surface area contributed by atoms with Crippen LogP contribution in [0.4, 0.5) is 0 Å².